The Morgan fingerprint density at radius 2 is 1.64 bits per heavy atom. The van der Waals surface area contributed by atoms with Crippen LogP contribution in [0.2, 0.25) is 10.0 Å². The van der Waals surface area contributed by atoms with Crippen LogP contribution in [0.15, 0.2) is 42.5 Å². The number of halogens is 3. The Morgan fingerprint density at radius 3 is 2.23 bits per heavy atom. The van der Waals surface area contributed by atoms with E-state index in [-0.39, 0.29) is 43.3 Å². The number of benzene rings is 2. The molecule has 4 rings (SSSR count). The van der Waals surface area contributed by atoms with Gasteiger partial charge in [0.1, 0.15) is 0 Å². The quantitative estimate of drug-likeness (QED) is 0.340. The number of likely N-dealkylation sites (tertiary alicyclic amines) is 1. The molecule has 2 heterocycles. The molecule has 9 nitrogen and oxygen atoms in total. The normalized spacial score (nSPS) is 17.2. The van der Waals surface area contributed by atoms with Gasteiger partial charge >= 0.3 is 0 Å². The molecular weight excluding hydrogens is 647 g/mol. The van der Waals surface area contributed by atoms with Crippen molar-refractivity contribution in [1.29, 1.82) is 0 Å². The van der Waals surface area contributed by atoms with E-state index in [1.54, 1.807) is 17.0 Å². The Balaban J connectivity index is 0.00000529. The SMILES string of the molecule is CS(=O)(=O)N1CCC(C(=O)N(CCCN2CCC(Cc3ccc(C(=O)NCCO)cc3)CC2)c2ccc(Cl)c(Cl)c2)CC1.Cl. The van der Waals surface area contributed by atoms with Crippen molar-refractivity contribution in [2.75, 3.05) is 63.6 Å². The lowest BCUT2D eigenvalue weighted by molar-refractivity contribution is -0.123. The number of anilines is 1. The van der Waals surface area contributed by atoms with Crippen LogP contribution in [-0.2, 0) is 21.2 Å². The summed E-state index contributed by atoms with van der Waals surface area (Å²) in [5.74, 6) is 0.164. The minimum Gasteiger partial charge on any atom is -0.395 e. The third-order valence-electron chi connectivity index (χ3n) is 8.45. The number of carbonyl (C=O) groups is 2. The maximum absolute atomic E-state index is 13.7. The van der Waals surface area contributed by atoms with E-state index in [0.717, 1.165) is 45.3 Å². The van der Waals surface area contributed by atoms with Gasteiger partial charge < -0.3 is 20.2 Å². The molecule has 0 unspecified atom stereocenters. The van der Waals surface area contributed by atoms with Crippen LogP contribution < -0.4 is 10.2 Å². The van der Waals surface area contributed by atoms with E-state index in [4.69, 9.17) is 28.3 Å². The molecule has 0 radical (unpaired) electrons. The van der Waals surface area contributed by atoms with E-state index in [1.807, 2.05) is 30.3 Å². The average Bonchev–Trinajstić information content (AvgIpc) is 3.00. The zero-order chi connectivity index (χ0) is 31.0. The van der Waals surface area contributed by atoms with Crippen molar-refractivity contribution in [3.05, 3.63) is 63.6 Å². The van der Waals surface area contributed by atoms with Crippen LogP contribution in [0.5, 0.6) is 0 Å². The summed E-state index contributed by atoms with van der Waals surface area (Å²) in [4.78, 5) is 30.0. The molecule has 0 spiro atoms. The molecule has 2 aliphatic rings. The van der Waals surface area contributed by atoms with Crippen molar-refractivity contribution in [1.82, 2.24) is 14.5 Å². The van der Waals surface area contributed by atoms with Gasteiger partial charge in [-0.3, -0.25) is 9.59 Å². The molecular formula is C31H43Cl3N4O5S. The molecule has 2 amide bonds. The standard InChI is InChI=1S/C31H42Cl2N4O5S.ClH/c1-43(41,42)36-18-11-26(12-19-36)31(40)37(27-7-8-28(32)29(33)22-27)15-2-14-35-16-9-24(10-17-35)21-23-3-5-25(6-4-23)30(39)34-13-20-38;/h3-8,22,24,26,38H,2,9-21H2,1H3,(H,34,39);1H. The maximum Gasteiger partial charge on any atom is 0.251 e. The maximum atomic E-state index is 13.7. The zero-order valence-electron chi connectivity index (χ0n) is 25.1. The summed E-state index contributed by atoms with van der Waals surface area (Å²) in [5, 5.41) is 12.4. The topological polar surface area (TPSA) is 110 Å². The largest absolute Gasteiger partial charge is 0.395 e. The van der Waals surface area contributed by atoms with Crippen LogP contribution in [0.1, 0.15) is 48.0 Å². The number of piperidine rings is 2. The lowest BCUT2D eigenvalue weighted by Gasteiger charge is -2.35. The highest BCUT2D eigenvalue weighted by molar-refractivity contribution is 7.88. The van der Waals surface area contributed by atoms with Crippen LogP contribution >= 0.6 is 35.6 Å². The summed E-state index contributed by atoms with van der Waals surface area (Å²) in [6, 6.07) is 13.0. The zero-order valence-corrected chi connectivity index (χ0v) is 28.2. The molecule has 2 aliphatic heterocycles. The minimum atomic E-state index is -3.26. The van der Waals surface area contributed by atoms with Crippen LogP contribution in [0.4, 0.5) is 5.69 Å². The summed E-state index contributed by atoms with van der Waals surface area (Å²) >= 11 is 12.5. The number of aliphatic hydroxyl groups excluding tert-OH is 1. The number of rotatable bonds is 12. The van der Waals surface area contributed by atoms with E-state index in [0.29, 0.717) is 59.7 Å². The smallest absolute Gasteiger partial charge is 0.251 e. The number of amides is 2. The first-order chi connectivity index (χ1) is 20.5. The van der Waals surface area contributed by atoms with Crippen LogP contribution in [0.3, 0.4) is 0 Å². The highest BCUT2D eigenvalue weighted by Crippen LogP contribution is 2.30. The molecule has 0 aliphatic carbocycles. The van der Waals surface area contributed by atoms with Gasteiger partial charge in [-0.15, -0.1) is 12.4 Å². The molecule has 244 valence electrons. The summed E-state index contributed by atoms with van der Waals surface area (Å²) in [5.41, 5.74) is 2.52. The van der Waals surface area contributed by atoms with Gasteiger partial charge in [-0.1, -0.05) is 35.3 Å². The lowest BCUT2D eigenvalue weighted by Crippen LogP contribution is -2.45. The Morgan fingerprint density at radius 1 is 0.977 bits per heavy atom. The van der Waals surface area contributed by atoms with Gasteiger partial charge in [-0.2, -0.15) is 0 Å². The van der Waals surface area contributed by atoms with Gasteiger partial charge in [-0.05, 0) is 100.0 Å². The van der Waals surface area contributed by atoms with Gasteiger partial charge in [0.15, 0.2) is 0 Å². The van der Waals surface area contributed by atoms with Crippen molar-refractivity contribution in [3.8, 4) is 0 Å². The lowest BCUT2D eigenvalue weighted by atomic mass is 9.90. The predicted molar refractivity (Wildman–Crippen MR) is 179 cm³/mol. The van der Waals surface area contributed by atoms with Crippen molar-refractivity contribution in [2.45, 2.75) is 38.5 Å². The number of nitrogens with one attached hydrogen (secondary N) is 1. The van der Waals surface area contributed by atoms with E-state index >= 15 is 0 Å². The molecule has 2 fully saturated rings. The van der Waals surface area contributed by atoms with Crippen molar-refractivity contribution in [2.24, 2.45) is 11.8 Å². The number of hydrogen-bond donors (Lipinski definition) is 2. The molecule has 0 aromatic heterocycles. The van der Waals surface area contributed by atoms with Crippen LogP contribution in [-0.4, -0.2) is 93.2 Å². The molecule has 0 bridgehead atoms. The average molecular weight is 690 g/mol. The molecule has 0 saturated carbocycles. The predicted octanol–water partition coefficient (Wildman–Crippen LogP) is 4.49. The van der Waals surface area contributed by atoms with Crippen LogP contribution in [0.25, 0.3) is 0 Å². The second-order valence-electron chi connectivity index (χ2n) is 11.5. The van der Waals surface area contributed by atoms with E-state index < -0.39 is 10.0 Å². The van der Waals surface area contributed by atoms with Gasteiger partial charge in [0.05, 0.1) is 22.9 Å². The molecule has 13 heteroatoms. The molecule has 44 heavy (non-hydrogen) atoms. The Bertz CT molecular complexity index is 1350. The monoisotopic (exact) mass is 688 g/mol. The number of sulfonamides is 1. The van der Waals surface area contributed by atoms with Gasteiger partial charge in [0.2, 0.25) is 15.9 Å². The van der Waals surface area contributed by atoms with Gasteiger partial charge in [-0.25, -0.2) is 12.7 Å². The highest BCUT2D eigenvalue weighted by Gasteiger charge is 2.32. The van der Waals surface area contributed by atoms with Gasteiger partial charge in [0.25, 0.3) is 5.91 Å². The van der Waals surface area contributed by atoms with Crippen molar-refractivity contribution < 1.29 is 23.1 Å². The first kappa shape index (κ1) is 36.5. The first-order valence-corrected chi connectivity index (χ1v) is 17.6. The third-order valence-corrected chi connectivity index (χ3v) is 10.5. The second kappa shape index (κ2) is 17.1. The first-order valence-electron chi connectivity index (χ1n) is 15.0. The minimum absolute atomic E-state index is 0. The summed E-state index contributed by atoms with van der Waals surface area (Å²) in [6.45, 7) is 4.28. The Hall–Kier alpha value is -1.92. The fraction of sp³-hybridized carbons (Fsp3) is 0.548. The van der Waals surface area contributed by atoms with E-state index in [1.165, 1.54) is 16.1 Å². The number of aliphatic hydroxyl groups is 1. The molecule has 2 saturated heterocycles. The van der Waals surface area contributed by atoms with Crippen LogP contribution in [0, 0.1) is 11.8 Å². The summed E-state index contributed by atoms with van der Waals surface area (Å²) < 4.78 is 25.3. The number of carbonyl (C=O) groups excluding carboxylic acids is 2. The Kier molecular flexibility index (Phi) is 14.2. The number of hydrogen-bond acceptors (Lipinski definition) is 6. The van der Waals surface area contributed by atoms with Crippen molar-refractivity contribution >= 4 is 63.1 Å². The van der Waals surface area contributed by atoms with Gasteiger partial charge in [0, 0.05) is 43.3 Å². The fourth-order valence-corrected chi connectivity index (χ4v) is 7.10. The fourth-order valence-electron chi connectivity index (χ4n) is 5.94. The highest BCUT2D eigenvalue weighted by atomic mass is 35.5. The Labute approximate surface area is 277 Å². The summed E-state index contributed by atoms with van der Waals surface area (Å²) in [7, 11) is -3.26. The second-order valence-corrected chi connectivity index (χ2v) is 14.3. The van der Waals surface area contributed by atoms with Crippen molar-refractivity contribution in [3.63, 3.8) is 0 Å². The molecule has 0 atom stereocenters. The van der Waals surface area contributed by atoms with E-state index in [9.17, 15) is 18.0 Å². The number of nitrogens with zero attached hydrogens (tertiary/aromatic N) is 3. The molecule has 2 aromatic rings. The summed E-state index contributed by atoms with van der Waals surface area (Å²) in [6.07, 6.45) is 6.16. The molecule has 2 aromatic carbocycles. The van der Waals surface area contributed by atoms with E-state index in [2.05, 4.69) is 10.2 Å². The third kappa shape index (κ3) is 10.3. The molecule has 2 N–H and O–H groups in total.